The lowest BCUT2D eigenvalue weighted by Gasteiger charge is -2.48. The average Bonchev–Trinajstić information content (AvgIpc) is 2.90. The molecule has 0 N–H and O–H groups in total. The van der Waals surface area contributed by atoms with Gasteiger partial charge in [-0.3, -0.25) is 24.2 Å². The summed E-state index contributed by atoms with van der Waals surface area (Å²) in [6.07, 6.45) is 1.19. The molecule has 0 saturated carbocycles. The first-order chi connectivity index (χ1) is 17.8. The first kappa shape index (κ1) is 23.6. The molecule has 2 atom stereocenters. The zero-order valence-corrected chi connectivity index (χ0v) is 21.1. The Kier molecular flexibility index (Phi) is 5.53. The lowest BCUT2D eigenvalue weighted by Crippen LogP contribution is -2.67. The summed E-state index contributed by atoms with van der Waals surface area (Å²) >= 11 is 0. The van der Waals surface area contributed by atoms with Crippen LogP contribution in [-0.4, -0.2) is 70.8 Å². The monoisotopic (exact) mass is 498 g/mol. The zero-order chi connectivity index (χ0) is 25.9. The number of rotatable bonds is 4. The van der Waals surface area contributed by atoms with Gasteiger partial charge in [0, 0.05) is 58.0 Å². The van der Waals surface area contributed by atoms with Gasteiger partial charge >= 0.3 is 6.03 Å². The number of likely N-dealkylation sites (tertiary alicyclic amines) is 1. The largest absolute Gasteiger partial charge is 0.332 e. The maximum Gasteiger partial charge on any atom is 0.332 e. The van der Waals surface area contributed by atoms with Crippen molar-refractivity contribution in [2.75, 3.05) is 33.7 Å². The molecule has 6 rings (SSSR count). The molecule has 0 radical (unpaired) electrons. The van der Waals surface area contributed by atoms with Gasteiger partial charge in [0.2, 0.25) is 11.8 Å². The van der Waals surface area contributed by atoms with Crippen LogP contribution in [-0.2, 0) is 22.6 Å². The molecular formula is C29H30N4O4. The summed E-state index contributed by atoms with van der Waals surface area (Å²) in [6.45, 7) is 2.20. The van der Waals surface area contributed by atoms with E-state index in [0.29, 0.717) is 19.6 Å². The van der Waals surface area contributed by atoms with Gasteiger partial charge in [0.1, 0.15) is 5.41 Å². The Morgan fingerprint density at radius 1 is 0.811 bits per heavy atom. The molecule has 190 valence electrons. The number of piperidine rings is 1. The van der Waals surface area contributed by atoms with E-state index in [1.807, 2.05) is 53.1 Å². The van der Waals surface area contributed by atoms with Gasteiger partial charge in [0.15, 0.2) is 0 Å². The Morgan fingerprint density at radius 3 is 2.30 bits per heavy atom. The summed E-state index contributed by atoms with van der Waals surface area (Å²) in [5, 5.41) is 2.04. The number of carbonyl (C=O) groups excluding carboxylic acids is 3. The average molecular weight is 499 g/mol. The summed E-state index contributed by atoms with van der Waals surface area (Å²) in [4.78, 5) is 57.3. The fourth-order valence-corrected chi connectivity index (χ4v) is 6.75. The van der Waals surface area contributed by atoms with Crippen molar-refractivity contribution in [2.24, 2.45) is 11.3 Å². The van der Waals surface area contributed by atoms with E-state index in [4.69, 9.17) is 0 Å². The van der Waals surface area contributed by atoms with E-state index >= 15 is 0 Å². The normalized spacial score (nSPS) is 23.5. The Bertz CT molecular complexity index is 1470. The van der Waals surface area contributed by atoms with E-state index in [1.54, 1.807) is 12.1 Å². The van der Waals surface area contributed by atoms with Crippen molar-refractivity contribution in [1.82, 2.24) is 19.3 Å². The second-order valence-electron chi connectivity index (χ2n) is 10.8. The smallest absolute Gasteiger partial charge is 0.312 e. The van der Waals surface area contributed by atoms with Gasteiger partial charge in [-0.2, -0.15) is 0 Å². The first-order valence-corrected chi connectivity index (χ1v) is 12.8. The van der Waals surface area contributed by atoms with Crippen LogP contribution in [0, 0.1) is 11.3 Å². The van der Waals surface area contributed by atoms with E-state index in [0.717, 1.165) is 38.3 Å². The minimum atomic E-state index is -1.43. The number of imide groups is 2. The molecule has 4 heterocycles. The third kappa shape index (κ3) is 3.70. The lowest BCUT2D eigenvalue weighted by molar-refractivity contribution is -0.159. The molecule has 2 fully saturated rings. The van der Waals surface area contributed by atoms with E-state index in [9.17, 15) is 19.2 Å². The van der Waals surface area contributed by atoms with Gasteiger partial charge in [-0.25, -0.2) is 4.79 Å². The molecule has 8 heteroatoms. The molecule has 8 nitrogen and oxygen atoms in total. The molecule has 2 saturated heterocycles. The Labute approximate surface area is 215 Å². The maximum absolute atomic E-state index is 13.9. The molecule has 3 aromatic rings. The van der Waals surface area contributed by atoms with E-state index in [1.165, 1.54) is 14.1 Å². The number of pyridine rings is 1. The van der Waals surface area contributed by atoms with E-state index < -0.39 is 23.3 Å². The number of hydrogen-bond acceptors (Lipinski definition) is 5. The second kappa shape index (κ2) is 8.66. The van der Waals surface area contributed by atoms with Gasteiger partial charge in [-0.05, 0) is 41.2 Å². The van der Waals surface area contributed by atoms with Crippen molar-refractivity contribution >= 4 is 28.6 Å². The zero-order valence-electron chi connectivity index (χ0n) is 21.1. The van der Waals surface area contributed by atoms with Crippen LogP contribution in [0.1, 0.15) is 23.6 Å². The molecule has 2 bridgehead atoms. The predicted molar refractivity (Wildman–Crippen MR) is 139 cm³/mol. The molecule has 0 aliphatic carbocycles. The topological polar surface area (TPSA) is 82.9 Å². The minimum Gasteiger partial charge on any atom is -0.312 e. The minimum absolute atomic E-state index is 0.0208. The van der Waals surface area contributed by atoms with Crippen LogP contribution in [0.3, 0.4) is 0 Å². The highest BCUT2D eigenvalue weighted by molar-refractivity contribution is 6.19. The van der Waals surface area contributed by atoms with Crippen molar-refractivity contribution in [2.45, 2.75) is 25.3 Å². The number of carbonyl (C=O) groups is 3. The van der Waals surface area contributed by atoms with Crippen molar-refractivity contribution in [3.63, 3.8) is 0 Å². The number of aromatic nitrogens is 1. The molecule has 0 spiro atoms. The first-order valence-electron chi connectivity index (χ1n) is 12.8. The second-order valence-corrected chi connectivity index (χ2v) is 10.8. The molecule has 2 aromatic carbocycles. The summed E-state index contributed by atoms with van der Waals surface area (Å²) in [6, 6.07) is 18.7. The van der Waals surface area contributed by atoms with Gasteiger partial charge in [-0.15, -0.1) is 0 Å². The summed E-state index contributed by atoms with van der Waals surface area (Å²) in [5.74, 6) is -0.504. The van der Waals surface area contributed by atoms with Crippen LogP contribution in [0.4, 0.5) is 4.79 Å². The van der Waals surface area contributed by atoms with Crippen LogP contribution in [0.15, 0.2) is 65.5 Å². The molecule has 37 heavy (non-hydrogen) atoms. The Hall–Kier alpha value is -3.78. The molecule has 3 aliphatic rings. The SMILES string of the molecule is CN1C(=O)N(C)C(=O)C(Cc2cccc3ccccc23)(CN2C[C@H]3C[C@@H](C2)c2cccc(=O)n2C3)C1=O. The highest BCUT2D eigenvalue weighted by Crippen LogP contribution is 2.40. The summed E-state index contributed by atoms with van der Waals surface area (Å²) in [5.41, 5.74) is 0.517. The molecule has 1 aromatic heterocycles. The Morgan fingerprint density at radius 2 is 1.51 bits per heavy atom. The summed E-state index contributed by atoms with van der Waals surface area (Å²) in [7, 11) is 2.91. The third-order valence-corrected chi connectivity index (χ3v) is 8.42. The number of benzene rings is 2. The lowest BCUT2D eigenvalue weighted by atomic mass is 9.74. The van der Waals surface area contributed by atoms with Gasteiger partial charge in [0.05, 0.1) is 0 Å². The van der Waals surface area contributed by atoms with Gasteiger partial charge in [-0.1, -0.05) is 48.5 Å². The van der Waals surface area contributed by atoms with E-state index in [-0.39, 0.29) is 30.4 Å². The highest BCUT2D eigenvalue weighted by Gasteiger charge is 2.56. The standard InChI is InChI=1S/C29H30N4O4/c1-30-26(35)29(27(36)31(2)28(30)37,14-21-9-5-8-20-7-3-4-10-23(20)21)18-32-15-19-13-22(17-32)24-11-6-12-25(34)33(24)16-19/h3-12,19,22H,13-18H2,1-2H3/t19-,22+/m1/s1. The van der Waals surface area contributed by atoms with E-state index in [2.05, 4.69) is 4.90 Å². The van der Waals surface area contributed by atoms with Crippen LogP contribution >= 0.6 is 0 Å². The number of hydrogen-bond donors (Lipinski definition) is 0. The van der Waals surface area contributed by atoms with Crippen molar-refractivity contribution in [3.05, 3.63) is 82.3 Å². The number of urea groups is 1. The molecule has 3 aliphatic heterocycles. The number of nitrogens with zero attached hydrogens (tertiary/aromatic N) is 4. The number of barbiturate groups is 1. The van der Waals surface area contributed by atoms with Crippen LogP contribution in [0.5, 0.6) is 0 Å². The highest BCUT2D eigenvalue weighted by atomic mass is 16.2. The third-order valence-electron chi connectivity index (χ3n) is 8.42. The molecule has 0 unspecified atom stereocenters. The molecular weight excluding hydrogens is 468 g/mol. The van der Waals surface area contributed by atoms with Gasteiger partial charge < -0.3 is 9.47 Å². The number of amides is 4. The maximum atomic E-state index is 13.9. The predicted octanol–water partition coefficient (Wildman–Crippen LogP) is 2.70. The van der Waals surface area contributed by atoms with Crippen molar-refractivity contribution in [3.8, 4) is 0 Å². The number of fused-ring (bicyclic) bond motifs is 5. The molecule has 4 amide bonds. The van der Waals surface area contributed by atoms with Gasteiger partial charge in [0.25, 0.3) is 5.56 Å². The van der Waals surface area contributed by atoms with Crippen molar-refractivity contribution < 1.29 is 14.4 Å². The quantitative estimate of drug-likeness (QED) is 0.517. The van der Waals surface area contributed by atoms with Crippen LogP contribution < -0.4 is 5.56 Å². The van der Waals surface area contributed by atoms with Crippen molar-refractivity contribution in [1.29, 1.82) is 0 Å². The fourth-order valence-electron chi connectivity index (χ4n) is 6.75. The van der Waals surface area contributed by atoms with Crippen LogP contribution in [0.25, 0.3) is 10.8 Å². The summed E-state index contributed by atoms with van der Waals surface area (Å²) < 4.78 is 1.87. The Balaban J connectivity index is 1.40. The van der Waals surface area contributed by atoms with Crippen LogP contribution in [0.2, 0.25) is 0 Å². The fraction of sp³-hybridized carbons (Fsp3) is 0.379.